The van der Waals surface area contributed by atoms with E-state index in [1.807, 2.05) is 19.1 Å². The average Bonchev–Trinajstić information content (AvgIpc) is 2.90. The molecule has 0 radical (unpaired) electrons. The fraction of sp³-hybridized carbons (Fsp3) is 0.571. The molecule has 2 aliphatic rings. The van der Waals surface area contributed by atoms with E-state index in [0.717, 1.165) is 19.3 Å². The van der Waals surface area contributed by atoms with Crippen molar-refractivity contribution in [3.63, 3.8) is 0 Å². The quantitative estimate of drug-likeness (QED) is 0.770. The summed E-state index contributed by atoms with van der Waals surface area (Å²) in [5.41, 5.74) is 6.59. The summed E-state index contributed by atoms with van der Waals surface area (Å²) in [4.78, 5) is 25.5. The Morgan fingerprint density at radius 2 is 2.32 bits per heavy atom. The van der Waals surface area contributed by atoms with Crippen LogP contribution in [0.25, 0.3) is 0 Å². The van der Waals surface area contributed by atoms with Gasteiger partial charge < -0.3 is 16.0 Å². The summed E-state index contributed by atoms with van der Waals surface area (Å²) >= 11 is 0. The molecule has 0 saturated carbocycles. The first-order chi connectivity index (χ1) is 9.11. The van der Waals surface area contributed by atoms with Crippen molar-refractivity contribution < 1.29 is 9.59 Å². The maximum Gasteiger partial charge on any atom is 0.243 e. The Kier molecular flexibility index (Phi) is 4.37. The second-order valence-corrected chi connectivity index (χ2v) is 5.11. The van der Waals surface area contributed by atoms with Gasteiger partial charge in [0.25, 0.3) is 0 Å². The number of hydrogen-bond donors (Lipinski definition) is 2. The number of allylic oxidation sites excluding steroid dienone is 2. The number of amides is 2. The zero-order chi connectivity index (χ0) is 13.8. The predicted molar refractivity (Wildman–Crippen MR) is 73.2 cm³/mol. The lowest BCUT2D eigenvalue weighted by molar-refractivity contribution is -0.137. The Labute approximate surface area is 113 Å². The number of nitrogens with two attached hydrogens (primary N) is 1. The summed E-state index contributed by atoms with van der Waals surface area (Å²) in [6.07, 6.45) is 8.50. The summed E-state index contributed by atoms with van der Waals surface area (Å²) in [5.74, 6) is -0.213. The van der Waals surface area contributed by atoms with Gasteiger partial charge in [-0.3, -0.25) is 9.59 Å². The van der Waals surface area contributed by atoms with Gasteiger partial charge in [0.2, 0.25) is 11.8 Å². The van der Waals surface area contributed by atoms with Crippen molar-refractivity contribution in [3.8, 4) is 0 Å². The van der Waals surface area contributed by atoms with E-state index >= 15 is 0 Å². The normalized spacial score (nSPS) is 26.2. The molecule has 0 spiro atoms. The Morgan fingerprint density at radius 3 is 2.95 bits per heavy atom. The van der Waals surface area contributed by atoms with Crippen LogP contribution in [0.1, 0.15) is 26.2 Å². The molecule has 0 aromatic carbocycles. The molecule has 19 heavy (non-hydrogen) atoms. The van der Waals surface area contributed by atoms with Gasteiger partial charge in [-0.1, -0.05) is 23.8 Å². The Hall–Kier alpha value is -1.62. The number of rotatable bonds is 3. The molecule has 1 aliphatic carbocycles. The van der Waals surface area contributed by atoms with Gasteiger partial charge in [-0.05, 0) is 26.2 Å². The van der Waals surface area contributed by atoms with Crippen LogP contribution in [-0.4, -0.2) is 41.9 Å². The van der Waals surface area contributed by atoms with E-state index in [4.69, 9.17) is 5.73 Å². The van der Waals surface area contributed by atoms with Gasteiger partial charge in [0.15, 0.2) is 0 Å². The Balaban J connectivity index is 1.93. The molecule has 1 fully saturated rings. The Bertz CT molecular complexity index is 428. The third kappa shape index (κ3) is 3.23. The second-order valence-electron chi connectivity index (χ2n) is 5.11. The van der Waals surface area contributed by atoms with Crippen LogP contribution in [0.4, 0.5) is 0 Å². The largest absolute Gasteiger partial charge is 0.348 e. The third-order valence-electron chi connectivity index (χ3n) is 3.66. The van der Waals surface area contributed by atoms with Crippen LogP contribution in [-0.2, 0) is 9.59 Å². The SMILES string of the molecule is CC1=CCC(NC(=O)C2CCCN2C(=O)CN)C=C1. The van der Waals surface area contributed by atoms with Crippen molar-refractivity contribution in [2.24, 2.45) is 5.73 Å². The van der Waals surface area contributed by atoms with Gasteiger partial charge in [0.05, 0.1) is 12.6 Å². The van der Waals surface area contributed by atoms with Crippen molar-refractivity contribution in [2.75, 3.05) is 13.1 Å². The lowest BCUT2D eigenvalue weighted by Gasteiger charge is -2.25. The maximum atomic E-state index is 12.2. The highest BCUT2D eigenvalue weighted by Crippen LogP contribution is 2.18. The average molecular weight is 263 g/mol. The first kappa shape index (κ1) is 13.8. The van der Waals surface area contributed by atoms with E-state index in [-0.39, 0.29) is 30.4 Å². The Morgan fingerprint density at radius 1 is 1.53 bits per heavy atom. The third-order valence-corrected chi connectivity index (χ3v) is 3.66. The van der Waals surface area contributed by atoms with Crippen molar-refractivity contribution in [2.45, 2.75) is 38.3 Å². The molecule has 1 saturated heterocycles. The molecule has 0 aromatic heterocycles. The van der Waals surface area contributed by atoms with E-state index in [2.05, 4.69) is 11.4 Å². The van der Waals surface area contributed by atoms with Gasteiger partial charge in [-0.2, -0.15) is 0 Å². The van der Waals surface area contributed by atoms with Crippen LogP contribution >= 0.6 is 0 Å². The number of nitrogens with zero attached hydrogens (tertiary/aromatic N) is 1. The smallest absolute Gasteiger partial charge is 0.243 e. The van der Waals surface area contributed by atoms with Crippen molar-refractivity contribution in [1.29, 1.82) is 0 Å². The summed E-state index contributed by atoms with van der Waals surface area (Å²) in [6.45, 7) is 2.63. The molecule has 5 nitrogen and oxygen atoms in total. The predicted octanol–water partition coefficient (Wildman–Crippen LogP) is 0.327. The molecule has 2 rings (SSSR count). The van der Waals surface area contributed by atoms with E-state index in [1.165, 1.54) is 5.57 Å². The zero-order valence-electron chi connectivity index (χ0n) is 11.3. The maximum absolute atomic E-state index is 12.2. The number of carbonyl (C=O) groups is 2. The number of likely N-dealkylation sites (tertiary alicyclic amines) is 1. The number of carbonyl (C=O) groups excluding carboxylic acids is 2. The fourth-order valence-electron chi connectivity index (χ4n) is 2.57. The van der Waals surface area contributed by atoms with Crippen LogP contribution in [0.2, 0.25) is 0 Å². The zero-order valence-corrected chi connectivity index (χ0v) is 11.3. The van der Waals surface area contributed by atoms with Gasteiger partial charge in [0.1, 0.15) is 6.04 Å². The van der Waals surface area contributed by atoms with Crippen LogP contribution in [0, 0.1) is 0 Å². The fourth-order valence-corrected chi connectivity index (χ4v) is 2.57. The van der Waals surface area contributed by atoms with Crippen molar-refractivity contribution >= 4 is 11.8 Å². The summed E-state index contributed by atoms with van der Waals surface area (Å²) < 4.78 is 0. The van der Waals surface area contributed by atoms with E-state index in [9.17, 15) is 9.59 Å². The number of hydrogen-bond acceptors (Lipinski definition) is 3. The lowest BCUT2D eigenvalue weighted by atomic mass is 10.0. The molecular weight excluding hydrogens is 242 g/mol. The summed E-state index contributed by atoms with van der Waals surface area (Å²) in [5, 5.41) is 2.99. The van der Waals surface area contributed by atoms with Crippen LogP contribution in [0.3, 0.4) is 0 Å². The molecule has 1 aliphatic heterocycles. The molecule has 104 valence electrons. The first-order valence-corrected chi connectivity index (χ1v) is 6.76. The molecule has 3 N–H and O–H groups in total. The van der Waals surface area contributed by atoms with Crippen LogP contribution in [0.5, 0.6) is 0 Å². The number of nitrogens with one attached hydrogen (secondary N) is 1. The molecule has 0 bridgehead atoms. The standard InChI is InChI=1S/C14H21N3O2/c1-10-4-6-11(7-5-10)16-14(19)12-3-2-8-17(12)13(18)9-15/h4-6,11-12H,2-3,7-9,15H2,1H3,(H,16,19). The monoisotopic (exact) mass is 263 g/mol. The molecule has 2 unspecified atom stereocenters. The van der Waals surface area contributed by atoms with Crippen LogP contribution in [0.15, 0.2) is 23.8 Å². The van der Waals surface area contributed by atoms with Crippen molar-refractivity contribution in [3.05, 3.63) is 23.8 Å². The summed E-state index contributed by atoms with van der Waals surface area (Å²) in [6, 6.07) is -0.317. The molecule has 2 amide bonds. The molecule has 5 heteroatoms. The lowest BCUT2D eigenvalue weighted by Crippen LogP contribution is -2.49. The van der Waals surface area contributed by atoms with Gasteiger partial charge in [-0.15, -0.1) is 0 Å². The molecule has 1 heterocycles. The van der Waals surface area contributed by atoms with Crippen LogP contribution < -0.4 is 11.1 Å². The van der Waals surface area contributed by atoms with Gasteiger partial charge >= 0.3 is 0 Å². The molecular formula is C14H21N3O2. The van der Waals surface area contributed by atoms with E-state index in [1.54, 1.807) is 4.90 Å². The highest BCUT2D eigenvalue weighted by Gasteiger charge is 2.33. The van der Waals surface area contributed by atoms with E-state index in [0.29, 0.717) is 6.54 Å². The first-order valence-electron chi connectivity index (χ1n) is 6.76. The topological polar surface area (TPSA) is 75.4 Å². The summed E-state index contributed by atoms with van der Waals surface area (Å²) in [7, 11) is 0. The molecule has 2 atom stereocenters. The van der Waals surface area contributed by atoms with Gasteiger partial charge in [0, 0.05) is 6.54 Å². The van der Waals surface area contributed by atoms with E-state index < -0.39 is 0 Å². The highest BCUT2D eigenvalue weighted by atomic mass is 16.2. The van der Waals surface area contributed by atoms with Gasteiger partial charge in [-0.25, -0.2) is 0 Å². The minimum atomic E-state index is -0.351. The minimum absolute atomic E-state index is 0.0327. The second kappa shape index (κ2) is 6.02. The minimum Gasteiger partial charge on any atom is -0.348 e. The highest BCUT2D eigenvalue weighted by molar-refractivity contribution is 5.89. The van der Waals surface area contributed by atoms with Crippen molar-refractivity contribution in [1.82, 2.24) is 10.2 Å². The molecule has 0 aromatic rings.